The Morgan fingerprint density at radius 1 is 1.50 bits per heavy atom. The van der Waals surface area contributed by atoms with Crippen LogP contribution in [0.3, 0.4) is 0 Å². The molecule has 0 aromatic carbocycles. The molecule has 0 aromatic rings. The summed E-state index contributed by atoms with van der Waals surface area (Å²) >= 11 is 0. The first-order valence-electron chi connectivity index (χ1n) is 5.46. The molecule has 1 aliphatic heterocycles. The van der Waals surface area contributed by atoms with E-state index in [4.69, 9.17) is 9.84 Å². The van der Waals surface area contributed by atoms with Crippen LogP contribution in [0.1, 0.15) is 46.0 Å². The van der Waals surface area contributed by atoms with E-state index in [2.05, 4.69) is 6.92 Å². The maximum Gasteiger partial charge on any atom is 0.335 e. The second kappa shape index (κ2) is 2.96. The van der Waals surface area contributed by atoms with Crippen LogP contribution in [0.25, 0.3) is 0 Å². The summed E-state index contributed by atoms with van der Waals surface area (Å²) in [4.78, 5) is 11.0. The zero-order chi connectivity index (χ0) is 10.4. The number of hydrogen-bond acceptors (Lipinski definition) is 2. The van der Waals surface area contributed by atoms with Gasteiger partial charge in [0.05, 0.1) is 5.60 Å². The van der Waals surface area contributed by atoms with E-state index in [1.54, 1.807) is 6.92 Å². The van der Waals surface area contributed by atoms with E-state index in [-0.39, 0.29) is 5.60 Å². The molecular formula is C11H18O3. The third-order valence-electron chi connectivity index (χ3n) is 3.83. The molecule has 2 unspecified atom stereocenters. The fourth-order valence-corrected chi connectivity index (χ4v) is 2.59. The lowest BCUT2D eigenvalue weighted by Gasteiger charge is -2.30. The van der Waals surface area contributed by atoms with Crippen LogP contribution < -0.4 is 0 Å². The summed E-state index contributed by atoms with van der Waals surface area (Å²) < 4.78 is 5.87. The van der Waals surface area contributed by atoms with E-state index in [9.17, 15) is 4.79 Å². The van der Waals surface area contributed by atoms with Crippen molar-refractivity contribution in [1.82, 2.24) is 0 Å². The van der Waals surface area contributed by atoms with Crippen molar-refractivity contribution in [3.63, 3.8) is 0 Å². The molecule has 80 valence electrons. The van der Waals surface area contributed by atoms with E-state index in [0.29, 0.717) is 12.3 Å². The van der Waals surface area contributed by atoms with Gasteiger partial charge in [-0.15, -0.1) is 0 Å². The van der Waals surface area contributed by atoms with Crippen molar-refractivity contribution in [3.8, 4) is 0 Å². The average molecular weight is 198 g/mol. The van der Waals surface area contributed by atoms with Crippen molar-refractivity contribution in [2.24, 2.45) is 5.92 Å². The van der Waals surface area contributed by atoms with Gasteiger partial charge in [-0.1, -0.05) is 6.92 Å². The minimum absolute atomic E-state index is 0.118. The minimum Gasteiger partial charge on any atom is -0.479 e. The van der Waals surface area contributed by atoms with Gasteiger partial charge in [-0.3, -0.25) is 0 Å². The predicted molar refractivity (Wildman–Crippen MR) is 52.1 cm³/mol. The molecule has 0 aromatic heterocycles. The molecular weight excluding hydrogens is 180 g/mol. The fraction of sp³-hybridized carbons (Fsp3) is 0.909. The number of ether oxygens (including phenoxy) is 1. The van der Waals surface area contributed by atoms with Gasteiger partial charge in [0.1, 0.15) is 0 Å². The van der Waals surface area contributed by atoms with Crippen LogP contribution in [0.2, 0.25) is 0 Å². The summed E-state index contributed by atoms with van der Waals surface area (Å²) in [5, 5.41) is 9.08. The van der Waals surface area contributed by atoms with E-state index in [0.717, 1.165) is 12.8 Å². The molecule has 3 nitrogen and oxygen atoms in total. The Morgan fingerprint density at radius 3 is 2.50 bits per heavy atom. The molecule has 1 aliphatic carbocycles. The average Bonchev–Trinajstić information content (AvgIpc) is 2.92. The van der Waals surface area contributed by atoms with Crippen LogP contribution in [0, 0.1) is 5.92 Å². The summed E-state index contributed by atoms with van der Waals surface area (Å²) in [5.41, 5.74) is -1.05. The molecule has 0 spiro atoms. The summed E-state index contributed by atoms with van der Waals surface area (Å²) in [7, 11) is 0. The SMILES string of the molecule is CCC1(C2CC2)CCC(C)(C(=O)O)O1. The third-order valence-corrected chi connectivity index (χ3v) is 3.83. The first-order valence-corrected chi connectivity index (χ1v) is 5.46. The lowest BCUT2D eigenvalue weighted by molar-refractivity contribution is -0.173. The molecule has 14 heavy (non-hydrogen) atoms. The van der Waals surface area contributed by atoms with Gasteiger partial charge in [0.25, 0.3) is 0 Å². The number of hydrogen-bond donors (Lipinski definition) is 1. The van der Waals surface area contributed by atoms with E-state index < -0.39 is 11.6 Å². The van der Waals surface area contributed by atoms with Crippen LogP contribution in [0.15, 0.2) is 0 Å². The summed E-state index contributed by atoms with van der Waals surface area (Å²) in [5.74, 6) is -0.192. The molecule has 2 aliphatic rings. The number of carbonyl (C=O) groups is 1. The Morgan fingerprint density at radius 2 is 2.14 bits per heavy atom. The molecule has 1 N–H and O–H groups in total. The van der Waals surface area contributed by atoms with Crippen molar-refractivity contribution in [3.05, 3.63) is 0 Å². The van der Waals surface area contributed by atoms with Crippen molar-refractivity contribution in [2.75, 3.05) is 0 Å². The molecule has 2 rings (SSSR count). The highest BCUT2D eigenvalue weighted by Gasteiger charge is 2.56. The summed E-state index contributed by atoms with van der Waals surface area (Å²) in [6.45, 7) is 3.81. The molecule has 2 fully saturated rings. The summed E-state index contributed by atoms with van der Waals surface area (Å²) in [6, 6.07) is 0. The lowest BCUT2D eigenvalue weighted by atomic mass is 9.90. The molecule has 1 heterocycles. The van der Waals surface area contributed by atoms with Gasteiger partial charge < -0.3 is 9.84 Å². The minimum atomic E-state index is -0.932. The van der Waals surface area contributed by atoms with Gasteiger partial charge in [-0.2, -0.15) is 0 Å². The maximum absolute atomic E-state index is 11.0. The van der Waals surface area contributed by atoms with Gasteiger partial charge in [-0.05, 0) is 44.9 Å². The highest BCUT2D eigenvalue weighted by molar-refractivity contribution is 5.77. The Balaban J connectivity index is 2.15. The third kappa shape index (κ3) is 1.34. The lowest BCUT2D eigenvalue weighted by Crippen LogP contribution is -2.40. The Hall–Kier alpha value is -0.570. The molecule has 0 amide bonds. The van der Waals surface area contributed by atoms with E-state index in [1.165, 1.54) is 12.8 Å². The molecule has 1 saturated carbocycles. The monoisotopic (exact) mass is 198 g/mol. The molecule has 0 radical (unpaired) electrons. The quantitative estimate of drug-likeness (QED) is 0.756. The number of rotatable bonds is 3. The van der Waals surface area contributed by atoms with Crippen LogP contribution in [0.5, 0.6) is 0 Å². The molecule has 3 heteroatoms. The van der Waals surface area contributed by atoms with Gasteiger partial charge in [-0.25, -0.2) is 4.79 Å². The first kappa shape index (κ1) is 9.97. The highest BCUT2D eigenvalue weighted by Crippen LogP contribution is 2.53. The standard InChI is InChI=1S/C11H18O3/c1-3-11(8-4-5-8)7-6-10(2,14-11)9(12)13/h8H,3-7H2,1-2H3,(H,12,13). The van der Waals surface area contributed by atoms with Crippen LogP contribution in [0.4, 0.5) is 0 Å². The maximum atomic E-state index is 11.0. The fourth-order valence-electron chi connectivity index (χ4n) is 2.59. The van der Waals surface area contributed by atoms with E-state index >= 15 is 0 Å². The van der Waals surface area contributed by atoms with Crippen molar-refractivity contribution in [2.45, 2.75) is 57.2 Å². The Labute approximate surface area is 84.4 Å². The first-order chi connectivity index (χ1) is 6.52. The molecule has 0 bridgehead atoms. The normalized spacial score (nSPS) is 42.7. The second-order valence-corrected chi connectivity index (χ2v) is 4.83. The van der Waals surface area contributed by atoms with Crippen molar-refractivity contribution in [1.29, 1.82) is 0 Å². The van der Waals surface area contributed by atoms with Crippen LogP contribution in [-0.4, -0.2) is 22.3 Å². The van der Waals surface area contributed by atoms with E-state index in [1.807, 2.05) is 0 Å². The van der Waals surface area contributed by atoms with Gasteiger partial charge in [0.2, 0.25) is 0 Å². The second-order valence-electron chi connectivity index (χ2n) is 4.83. The van der Waals surface area contributed by atoms with Crippen LogP contribution in [-0.2, 0) is 9.53 Å². The molecule has 2 atom stereocenters. The van der Waals surface area contributed by atoms with Gasteiger partial charge in [0, 0.05) is 0 Å². The molecule has 1 saturated heterocycles. The number of carboxylic acid groups (broad SMARTS) is 1. The zero-order valence-electron chi connectivity index (χ0n) is 8.88. The zero-order valence-corrected chi connectivity index (χ0v) is 8.88. The topological polar surface area (TPSA) is 46.5 Å². The number of aliphatic carboxylic acids is 1. The van der Waals surface area contributed by atoms with Crippen molar-refractivity contribution < 1.29 is 14.6 Å². The smallest absolute Gasteiger partial charge is 0.335 e. The largest absolute Gasteiger partial charge is 0.479 e. The predicted octanol–water partition coefficient (Wildman–Crippen LogP) is 2.20. The Bertz CT molecular complexity index is 259. The van der Waals surface area contributed by atoms with Crippen LogP contribution >= 0.6 is 0 Å². The summed E-state index contributed by atoms with van der Waals surface area (Å²) in [6.07, 6.45) is 4.94. The van der Waals surface area contributed by atoms with Crippen molar-refractivity contribution >= 4 is 5.97 Å². The van der Waals surface area contributed by atoms with Gasteiger partial charge >= 0.3 is 5.97 Å². The highest BCUT2D eigenvalue weighted by atomic mass is 16.6. The number of carboxylic acids is 1. The van der Waals surface area contributed by atoms with Gasteiger partial charge in [0.15, 0.2) is 5.60 Å². The Kier molecular flexibility index (Phi) is 2.11.